The molecule has 4 rings (SSSR count). The zero-order chi connectivity index (χ0) is 24.2. The van der Waals surface area contributed by atoms with E-state index < -0.39 is 18.2 Å². The van der Waals surface area contributed by atoms with Gasteiger partial charge in [-0.15, -0.1) is 6.42 Å². The summed E-state index contributed by atoms with van der Waals surface area (Å²) < 4.78 is 5.17. The van der Waals surface area contributed by atoms with E-state index in [1.165, 1.54) is 0 Å². The number of hydrogen-bond acceptors (Lipinski definition) is 5. The number of urea groups is 2. The lowest BCUT2D eigenvalue weighted by molar-refractivity contribution is -0.125. The number of aliphatic hydroxyl groups excluding tert-OH is 1. The SMILES string of the molecule is C#Cc1ccc(NC(=O)N2C[C@H](O)CN2C(=O)Nc2ccc(N3CCOCC3=O)c(C)c2)cc1. The van der Waals surface area contributed by atoms with Crippen molar-refractivity contribution >= 4 is 35.0 Å². The van der Waals surface area contributed by atoms with Gasteiger partial charge in [0.05, 0.1) is 25.8 Å². The fraction of sp³-hybridized carbons (Fsp3) is 0.292. The van der Waals surface area contributed by atoms with Crippen molar-refractivity contribution in [1.29, 1.82) is 0 Å². The van der Waals surface area contributed by atoms with Gasteiger partial charge >= 0.3 is 12.1 Å². The number of aliphatic hydroxyl groups is 1. The van der Waals surface area contributed by atoms with Crippen molar-refractivity contribution in [2.45, 2.75) is 13.0 Å². The fourth-order valence-corrected chi connectivity index (χ4v) is 3.87. The Hall–Kier alpha value is -4.07. The number of carbonyl (C=O) groups excluding carboxylic acids is 3. The minimum atomic E-state index is -0.878. The topological polar surface area (TPSA) is 114 Å². The Morgan fingerprint density at radius 2 is 1.68 bits per heavy atom. The second kappa shape index (κ2) is 9.82. The molecule has 10 heteroatoms. The molecule has 2 saturated heterocycles. The maximum Gasteiger partial charge on any atom is 0.340 e. The van der Waals surface area contributed by atoms with Crippen LogP contribution in [0.2, 0.25) is 0 Å². The summed E-state index contributed by atoms with van der Waals surface area (Å²) in [6.07, 6.45) is 4.47. The molecule has 5 amide bonds. The first kappa shape index (κ1) is 23.1. The molecule has 2 aromatic rings. The van der Waals surface area contributed by atoms with Crippen LogP contribution in [0.3, 0.4) is 0 Å². The van der Waals surface area contributed by atoms with Crippen molar-refractivity contribution < 1.29 is 24.2 Å². The summed E-state index contributed by atoms with van der Waals surface area (Å²) in [5.74, 6) is 2.38. The number of hydrazine groups is 1. The summed E-state index contributed by atoms with van der Waals surface area (Å²) in [5, 5.41) is 17.9. The van der Waals surface area contributed by atoms with E-state index in [1.54, 1.807) is 47.4 Å². The standard InChI is InChI=1S/C24H25N5O5/c1-3-17-4-6-18(7-5-17)25-23(32)28-13-20(30)14-29(28)24(33)26-19-8-9-21(16(2)12-19)27-10-11-34-15-22(27)31/h1,4-9,12,20,30H,10-11,13-15H2,2H3,(H,25,32)(H,26,33)/t20-/m0/s1. The molecule has 2 aromatic carbocycles. The number of anilines is 3. The van der Waals surface area contributed by atoms with E-state index in [0.717, 1.165) is 21.3 Å². The second-order valence-corrected chi connectivity index (χ2v) is 8.00. The predicted octanol–water partition coefficient (Wildman–Crippen LogP) is 2.00. The van der Waals surface area contributed by atoms with Gasteiger partial charge in [0, 0.05) is 29.2 Å². The Balaban J connectivity index is 1.43. The van der Waals surface area contributed by atoms with Crippen LogP contribution in [0.1, 0.15) is 11.1 Å². The van der Waals surface area contributed by atoms with E-state index in [4.69, 9.17) is 11.2 Å². The Bertz CT molecular complexity index is 1140. The van der Waals surface area contributed by atoms with Gasteiger partial charge in [0.25, 0.3) is 5.91 Å². The number of carbonyl (C=O) groups is 3. The van der Waals surface area contributed by atoms with Gasteiger partial charge in [-0.05, 0) is 55.0 Å². The normalized spacial score (nSPS) is 18.0. The van der Waals surface area contributed by atoms with Gasteiger partial charge in [0.1, 0.15) is 6.61 Å². The third-order valence-corrected chi connectivity index (χ3v) is 5.56. The number of β-amino-alcohol motifs (C(OH)–C–C–N with tert-alkyl or cyclic N) is 1. The summed E-state index contributed by atoms with van der Waals surface area (Å²) in [5.41, 5.74) is 3.24. The van der Waals surface area contributed by atoms with Crippen LogP contribution in [-0.2, 0) is 9.53 Å². The zero-order valence-electron chi connectivity index (χ0n) is 18.7. The van der Waals surface area contributed by atoms with Gasteiger partial charge in [0.2, 0.25) is 0 Å². The highest BCUT2D eigenvalue weighted by molar-refractivity contribution is 5.97. The number of hydrogen-bond donors (Lipinski definition) is 3. The molecule has 0 spiro atoms. The average molecular weight is 463 g/mol. The van der Waals surface area contributed by atoms with E-state index in [0.29, 0.717) is 30.1 Å². The van der Waals surface area contributed by atoms with Crippen molar-refractivity contribution in [3.63, 3.8) is 0 Å². The molecule has 1 atom stereocenters. The Morgan fingerprint density at radius 3 is 2.26 bits per heavy atom. The minimum Gasteiger partial charge on any atom is -0.389 e. The van der Waals surface area contributed by atoms with Gasteiger partial charge in [-0.3, -0.25) is 4.79 Å². The van der Waals surface area contributed by atoms with Crippen molar-refractivity contribution in [2.75, 3.05) is 48.4 Å². The van der Waals surface area contributed by atoms with Crippen molar-refractivity contribution in [3.05, 3.63) is 53.6 Å². The van der Waals surface area contributed by atoms with Gasteiger partial charge in [-0.2, -0.15) is 0 Å². The maximum absolute atomic E-state index is 12.9. The first-order valence-corrected chi connectivity index (χ1v) is 10.8. The van der Waals surface area contributed by atoms with Crippen LogP contribution >= 0.6 is 0 Å². The average Bonchev–Trinajstić information content (AvgIpc) is 3.22. The monoisotopic (exact) mass is 463 g/mol. The van der Waals surface area contributed by atoms with Crippen LogP contribution in [0.15, 0.2) is 42.5 Å². The Morgan fingerprint density at radius 1 is 1.06 bits per heavy atom. The lowest BCUT2D eigenvalue weighted by Crippen LogP contribution is -2.48. The number of nitrogens with zero attached hydrogens (tertiary/aromatic N) is 3. The second-order valence-electron chi connectivity index (χ2n) is 8.00. The molecule has 2 aliphatic rings. The van der Waals surface area contributed by atoms with Gasteiger partial charge in [-0.25, -0.2) is 19.6 Å². The molecule has 2 fully saturated rings. The lowest BCUT2D eigenvalue weighted by atomic mass is 10.1. The van der Waals surface area contributed by atoms with Crippen LogP contribution in [0.25, 0.3) is 0 Å². The molecule has 0 aromatic heterocycles. The summed E-state index contributed by atoms with van der Waals surface area (Å²) in [7, 11) is 0. The third kappa shape index (κ3) is 4.96. The first-order valence-electron chi connectivity index (χ1n) is 10.8. The summed E-state index contributed by atoms with van der Waals surface area (Å²) in [6, 6.07) is 10.8. The van der Waals surface area contributed by atoms with Crippen LogP contribution in [0.4, 0.5) is 26.7 Å². The fourth-order valence-electron chi connectivity index (χ4n) is 3.87. The maximum atomic E-state index is 12.9. The molecule has 0 unspecified atom stereocenters. The van der Waals surface area contributed by atoms with E-state index in [-0.39, 0.29) is 25.6 Å². The van der Waals surface area contributed by atoms with Gasteiger partial charge in [-0.1, -0.05) is 5.92 Å². The zero-order valence-corrected chi connectivity index (χ0v) is 18.7. The number of ether oxygens (including phenoxy) is 1. The summed E-state index contributed by atoms with van der Waals surface area (Å²) in [4.78, 5) is 39.5. The highest BCUT2D eigenvalue weighted by Crippen LogP contribution is 2.26. The number of nitrogens with one attached hydrogen (secondary N) is 2. The molecule has 0 bridgehead atoms. The van der Waals surface area contributed by atoms with E-state index in [9.17, 15) is 19.5 Å². The highest BCUT2D eigenvalue weighted by Gasteiger charge is 2.36. The Kier molecular flexibility index (Phi) is 6.67. The molecular weight excluding hydrogens is 438 g/mol. The predicted molar refractivity (Wildman–Crippen MR) is 126 cm³/mol. The molecule has 2 aliphatic heterocycles. The minimum absolute atomic E-state index is 0.0290. The molecule has 3 N–H and O–H groups in total. The number of amides is 5. The summed E-state index contributed by atoms with van der Waals surface area (Å²) in [6.45, 7) is 2.76. The van der Waals surface area contributed by atoms with Gasteiger partial charge in [0.15, 0.2) is 0 Å². The molecule has 0 radical (unpaired) electrons. The van der Waals surface area contributed by atoms with E-state index in [2.05, 4.69) is 16.6 Å². The molecular formula is C24H25N5O5. The first-order chi connectivity index (χ1) is 16.4. The molecule has 10 nitrogen and oxygen atoms in total. The Labute approximate surface area is 197 Å². The smallest absolute Gasteiger partial charge is 0.340 e. The number of rotatable bonds is 3. The molecule has 2 heterocycles. The number of aryl methyl sites for hydroxylation is 1. The molecule has 0 saturated carbocycles. The van der Waals surface area contributed by atoms with Crippen LogP contribution in [0, 0.1) is 19.3 Å². The largest absolute Gasteiger partial charge is 0.389 e. The van der Waals surface area contributed by atoms with Crippen LogP contribution in [-0.4, -0.2) is 72.0 Å². The van der Waals surface area contributed by atoms with Crippen molar-refractivity contribution in [1.82, 2.24) is 10.0 Å². The highest BCUT2D eigenvalue weighted by atomic mass is 16.5. The van der Waals surface area contributed by atoms with Crippen molar-refractivity contribution in [2.24, 2.45) is 0 Å². The van der Waals surface area contributed by atoms with Crippen molar-refractivity contribution in [3.8, 4) is 12.3 Å². The van der Waals surface area contributed by atoms with Crippen LogP contribution < -0.4 is 15.5 Å². The molecule has 176 valence electrons. The number of terminal acetylenes is 1. The third-order valence-electron chi connectivity index (χ3n) is 5.56. The lowest BCUT2D eigenvalue weighted by Gasteiger charge is -2.29. The number of morpholine rings is 1. The van der Waals surface area contributed by atoms with Crippen LogP contribution in [0.5, 0.6) is 0 Å². The quantitative estimate of drug-likeness (QED) is 0.603. The molecule has 34 heavy (non-hydrogen) atoms. The van der Waals surface area contributed by atoms with E-state index >= 15 is 0 Å². The molecule has 0 aliphatic carbocycles. The van der Waals surface area contributed by atoms with Gasteiger partial charge < -0.3 is 25.4 Å². The summed E-state index contributed by atoms with van der Waals surface area (Å²) >= 11 is 0. The van der Waals surface area contributed by atoms with E-state index in [1.807, 2.05) is 6.92 Å². The number of benzene rings is 2.